The SMILES string of the molecule is [B]C1=C(C#N)CCC(F)=C1. The van der Waals surface area contributed by atoms with E-state index in [0.29, 0.717) is 18.4 Å². The average molecular weight is 133 g/mol. The summed E-state index contributed by atoms with van der Waals surface area (Å²) in [6, 6.07) is 1.92. The Morgan fingerprint density at radius 1 is 1.60 bits per heavy atom. The Balaban J connectivity index is 2.93. The van der Waals surface area contributed by atoms with Gasteiger partial charge in [-0.15, -0.1) is 0 Å². The van der Waals surface area contributed by atoms with Crippen LogP contribution >= 0.6 is 0 Å². The van der Waals surface area contributed by atoms with Crippen molar-refractivity contribution in [2.45, 2.75) is 12.8 Å². The Morgan fingerprint density at radius 2 is 2.30 bits per heavy atom. The van der Waals surface area contributed by atoms with E-state index in [1.807, 2.05) is 6.07 Å². The van der Waals surface area contributed by atoms with Gasteiger partial charge >= 0.3 is 0 Å². The zero-order valence-electron chi connectivity index (χ0n) is 5.39. The Kier molecular flexibility index (Phi) is 1.91. The van der Waals surface area contributed by atoms with Crippen molar-refractivity contribution in [3.63, 3.8) is 0 Å². The molecule has 1 rings (SSSR count). The maximum atomic E-state index is 12.4. The van der Waals surface area contributed by atoms with Crippen LogP contribution in [0.1, 0.15) is 12.8 Å². The fourth-order valence-corrected chi connectivity index (χ4v) is 0.837. The molecule has 0 unspecified atom stereocenters. The normalized spacial score (nSPS) is 18.2. The monoisotopic (exact) mass is 133 g/mol. The van der Waals surface area contributed by atoms with Crippen LogP contribution in [0.4, 0.5) is 4.39 Å². The van der Waals surface area contributed by atoms with E-state index >= 15 is 0 Å². The van der Waals surface area contributed by atoms with Crippen molar-refractivity contribution < 1.29 is 4.39 Å². The Labute approximate surface area is 60.3 Å². The van der Waals surface area contributed by atoms with Crippen molar-refractivity contribution in [3.8, 4) is 6.07 Å². The molecule has 0 saturated carbocycles. The second kappa shape index (κ2) is 2.70. The first-order chi connectivity index (χ1) is 4.74. The average Bonchev–Trinajstić information content (AvgIpc) is 1.88. The van der Waals surface area contributed by atoms with E-state index in [2.05, 4.69) is 0 Å². The van der Waals surface area contributed by atoms with Gasteiger partial charge in [0.05, 0.1) is 11.9 Å². The lowest BCUT2D eigenvalue weighted by Crippen LogP contribution is -1.94. The molecule has 2 radical (unpaired) electrons. The summed E-state index contributed by atoms with van der Waals surface area (Å²) in [7, 11) is 5.32. The zero-order chi connectivity index (χ0) is 7.56. The number of nitrogens with zero attached hydrogens (tertiary/aromatic N) is 1. The lowest BCUT2D eigenvalue weighted by atomic mass is 9.85. The summed E-state index contributed by atoms with van der Waals surface area (Å²) in [4.78, 5) is 0. The first-order valence-electron chi connectivity index (χ1n) is 2.99. The van der Waals surface area contributed by atoms with E-state index in [-0.39, 0.29) is 11.3 Å². The van der Waals surface area contributed by atoms with Crippen LogP contribution in [-0.4, -0.2) is 7.85 Å². The highest BCUT2D eigenvalue weighted by Crippen LogP contribution is 2.21. The van der Waals surface area contributed by atoms with Gasteiger partial charge in [-0.3, -0.25) is 0 Å². The van der Waals surface area contributed by atoms with Gasteiger partial charge in [-0.2, -0.15) is 5.26 Å². The highest BCUT2D eigenvalue weighted by molar-refractivity contribution is 6.24. The lowest BCUT2D eigenvalue weighted by Gasteiger charge is -2.07. The van der Waals surface area contributed by atoms with E-state index < -0.39 is 0 Å². The molecule has 10 heavy (non-hydrogen) atoms. The molecule has 1 nitrogen and oxygen atoms in total. The zero-order valence-corrected chi connectivity index (χ0v) is 5.39. The van der Waals surface area contributed by atoms with Crippen LogP contribution in [-0.2, 0) is 0 Å². The molecule has 0 aromatic carbocycles. The molecule has 1 aliphatic carbocycles. The predicted molar refractivity (Wildman–Crippen MR) is 36.8 cm³/mol. The van der Waals surface area contributed by atoms with Gasteiger partial charge in [-0.1, -0.05) is 5.47 Å². The van der Waals surface area contributed by atoms with Crippen molar-refractivity contribution in [1.82, 2.24) is 0 Å². The van der Waals surface area contributed by atoms with Crippen LogP contribution in [0, 0.1) is 11.3 Å². The molecule has 0 bridgehead atoms. The van der Waals surface area contributed by atoms with Crippen molar-refractivity contribution in [3.05, 3.63) is 22.9 Å². The number of hydrogen-bond acceptors (Lipinski definition) is 1. The highest BCUT2D eigenvalue weighted by atomic mass is 19.1. The van der Waals surface area contributed by atoms with Crippen LogP contribution < -0.4 is 0 Å². The van der Waals surface area contributed by atoms with Crippen LogP contribution in [0.5, 0.6) is 0 Å². The van der Waals surface area contributed by atoms with Gasteiger partial charge in [-0.25, -0.2) is 4.39 Å². The van der Waals surface area contributed by atoms with Gasteiger partial charge in [-0.05, 0) is 12.5 Å². The maximum absolute atomic E-state index is 12.4. The lowest BCUT2D eigenvalue weighted by molar-refractivity contribution is 0.583. The summed E-state index contributed by atoms with van der Waals surface area (Å²) in [5, 5.41) is 8.41. The number of rotatable bonds is 0. The minimum absolute atomic E-state index is 0.239. The fraction of sp³-hybridized carbons (Fsp3) is 0.286. The van der Waals surface area contributed by atoms with Crippen LogP contribution in [0.25, 0.3) is 0 Å². The molecular weight excluding hydrogens is 128 g/mol. The Morgan fingerprint density at radius 3 is 2.80 bits per heavy atom. The van der Waals surface area contributed by atoms with Crippen molar-refractivity contribution in [2.24, 2.45) is 0 Å². The fourth-order valence-electron chi connectivity index (χ4n) is 0.837. The minimum atomic E-state index is -0.239. The van der Waals surface area contributed by atoms with Gasteiger partial charge in [0.15, 0.2) is 0 Å². The van der Waals surface area contributed by atoms with Gasteiger partial charge in [0.2, 0.25) is 0 Å². The summed E-state index contributed by atoms with van der Waals surface area (Å²) in [6.45, 7) is 0. The topological polar surface area (TPSA) is 23.8 Å². The number of nitriles is 1. The summed E-state index contributed by atoms with van der Waals surface area (Å²) in [5.74, 6) is -0.239. The summed E-state index contributed by atoms with van der Waals surface area (Å²) in [5.41, 5.74) is 0.757. The van der Waals surface area contributed by atoms with Gasteiger partial charge in [0.1, 0.15) is 7.85 Å². The molecule has 0 atom stereocenters. The largest absolute Gasteiger partial charge is 0.212 e. The summed E-state index contributed by atoms with van der Waals surface area (Å²) < 4.78 is 12.4. The molecule has 48 valence electrons. The van der Waals surface area contributed by atoms with E-state index in [1.165, 1.54) is 6.08 Å². The molecule has 0 heterocycles. The molecule has 3 heteroatoms. The first kappa shape index (κ1) is 7.08. The summed E-state index contributed by atoms with van der Waals surface area (Å²) >= 11 is 0. The molecule has 0 aliphatic heterocycles. The van der Waals surface area contributed by atoms with E-state index in [1.54, 1.807) is 0 Å². The quantitative estimate of drug-likeness (QED) is 0.460. The molecule has 0 aromatic heterocycles. The molecule has 0 N–H and O–H groups in total. The molecule has 0 spiro atoms. The summed E-state index contributed by atoms with van der Waals surface area (Å²) in [6.07, 6.45) is 1.95. The standard InChI is InChI=1S/C7H5BFN/c8-7-3-6(9)2-1-5(7)4-10/h3H,1-2H2. The van der Waals surface area contributed by atoms with Crippen LogP contribution in [0.15, 0.2) is 22.9 Å². The van der Waals surface area contributed by atoms with Gasteiger partial charge < -0.3 is 0 Å². The van der Waals surface area contributed by atoms with Crippen molar-refractivity contribution >= 4 is 7.85 Å². The maximum Gasteiger partial charge on any atom is 0.115 e. The molecule has 0 aromatic rings. The first-order valence-corrected chi connectivity index (χ1v) is 2.99. The molecule has 1 aliphatic rings. The van der Waals surface area contributed by atoms with E-state index in [9.17, 15) is 4.39 Å². The Bertz CT molecular complexity index is 247. The minimum Gasteiger partial charge on any atom is -0.212 e. The third-order valence-corrected chi connectivity index (χ3v) is 1.41. The van der Waals surface area contributed by atoms with Crippen molar-refractivity contribution in [1.29, 1.82) is 5.26 Å². The molecule has 0 fully saturated rings. The van der Waals surface area contributed by atoms with Crippen molar-refractivity contribution in [2.75, 3.05) is 0 Å². The third-order valence-electron chi connectivity index (χ3n) is 1.41. The third kappa shape index (κ3) is 1.27. The number of halogens is 1. The van der Waals surface area contributed by atoms with Crippen LogP contribution in [0.2, 0.25) is 0 Å². The molecule has 0 saturated heterocycles. The number of hydrogen-bond donors (Lipinski definition) is 0. The van der Waals surface area contributed by atoms with Gasteiger partial charge in [0.25, 0.3) is 0 Å². The van der Waals surface area contributed by atoms with Crippen LogP contribution in [0.3, 0.4) is 0 Å². The number of allylic oxidation sites excluding steroid dienone is 4. The second-order valence-corrected chi connectivity index (χ2v) is 2.14. The second-order valence-electron chi connectivity index (χ2n) is 2.14. The van der Waals surface area contributed by atoms with Gasteiger partial charge in [0, 0.05) is 12.0 Å². The molecule has 0 amide bonds. The van der Waals surface area contributed by atoms with E-state index in [0.717, 1.165) is 0 Å². The smallest absolute Gasteiger partial charge is 0.115 e. The molecular formula is C7H5BFN. The van der Waals surface area contributed by atoms with E-state index in [4.69, 9.17) is 13.1 Å². The predicted octanol–water partition coefficient (Wildman–Crippen LogP) is 1.58. The highest BCUT2D eigenvalue weighted by Gasteiger charge is 2.08. The Hall–Kier alpha value is -1.04.